The SMILES string of the molecule is NCCOCCOCCNC(=O)CCSCC(N)CN. The molecular weight excluding hydrogens is 280 g/mol. The Kier molecular flexibility index (Phi) is 14.7. The van der Waals surface area contributed by atoms with Gasteiger partial charge in [0.2, 0.25) is 5.91 Å². The van der Waals surface area contributed by atoms with Gasteiger partial charge < -0.3 is 32.0 Å². The van der Waals surface area contributed by atoms with E-state index in [4.69, 9.17) is 26.7 Å². The number of rotatable bonds is 14. The molecule has 1 amide bonds. The topological polar surface area (TPSA) is 126 Å². The summed E-state index contributed by atoms with van der Waals surface area (Å²) in [6.45, 7) is 3.60. The first-order valence-electron chi connectivity index (χ1n) is 6.86. The van der Waals surface area contributed by atoms with Crippen LogP contribution in [0.1, 0.15) is 6.42 Å². The van der Waals surface area contributed by atoms with Crippen LogP contribution in [0, 0.1) is 0 Å². The van der Waals surface area contributed by atoms with Crippen molar-refractivity contribution in [2.24, 2.45) is 17.2 Å². The lowest BCUT2D eigenvalue weighted by atomic mass is 10.4. The van der Waals surface area contributed by atoms with Gasteiger partial charge in [-0.05, 0) is 0 Å². The molecule has 20 heavy (non-hydrogen) atoms. The van der Waals surface area contributed by atoms with Crippen LogP contribution in [0.25, 0.3) is 0 Å². The first kappa shape index (κ1) is 19.6. The molecule has 7 nitrogen and oxygen atoms in total. The van der Waals surface area contributed by atoms with Crippen molar-refractivity contribution in [2.45, 2.75) is 12.5 Å². The number of hydrogen-bond acceptors (Lipinski definition) is 7. The summed E-state index contributed by atoms with van der Waals surface area (Å²) in [6.07, 6.45) is 0.488. The van der Waals surface area contributed by atoms with Gasteiger partial charge in [0.15, 0.2) is 0 Å². The molecule has 0 saturated heterocycles. The van der Waals surface area contributed by atoms with Crippen LogP contribution in [0.15, 0.2) is 0 Å². The molecule has 8 heteroatoms. The predicted octanol–water partition coefficient (Wildman–Crippen LogP) is -1.50. The van der Waals surface area contributed by atoms with Crippen LogP contribution < -0.4 is 22.5 Å². The molecule has 0 aromatic rings. The molecule has 1 unspecified atom stereocenters. The first-order chi connectivity index (χ1) is 9.70. The van der Waals surface area contributed by atoms with E-state index in [-0.39, 0.29) is 11.9 Å². The van der Waals surface area contributed by atoms with Crippen molar-refractivity contribution in [3.05, 3.63) is 0 Å². The number of nitrogens with one attached hydrogen (secondary N) is 1. The van der Waals surface area contributed by atoms with Gasteiger partial charge in [0.05, 0.1) is 26.4 Å². The number of hydrogen-bond donors (Lipinski definition) is 4. The number of carbonyl (C=O) groups is 1. The third kappa shape index (κ3) is 14.0. The zero-order valence-electron chi connectivity index (χ0n) is 12.0. The van der Waals surface area contributed by atoms with Crippen molar-refractivity contribution < 1.29 is 14.3 Å². The van der Waals surface area contributed by atoms with Crippen LogP contribution in [0.4, 0.5) is 0 Å². The van der Waals surface area contributed by atoms with Crippen molar-refractivity contribution in [1.82, 2.24) is 5.32 Å². The third-order valence-electron chi connectivity index (χ3n) is 2.31. The monoisotopic (exact) mass is 308 g/mol. The highest BCUT2D eigenvalue weighted by molar-refractivity contribution is 7.99. The van der Waals surface area contributed by atoms with Gasteiger partial charge in [0.1, 0.15) is 0 Å². The molecule has 0 aliphatic rings. The van der Waals surface area contributed by atoms with E-state index in [9.17, 15) is 4.79 Å². The summed E-state index contributed by atoms with van der Waals surface area (Å²) < 4.78 is 10.4. The lowest BCUT2D eigenvalue weighted by molar-refractivity contribution is -0.120. The molecule has 0 radical (unpaired) electrons. The zero-order valence-corrected chi connectivity index (χ0v) is 12.8. The van der Waals surface area contributed by atoms with Crippen LogP contribution >= 0.6 is 11.8 Å². The van der Waals surface area contributed by atoms with Gasteiger partial charge in [-0.3, -0.25) is 4.79 Å². The van der Waals surface area contributed by atoms with E-state index in [0.29, 0.717) is 52.5 Å². The summed E-state index contributed by atoms with van der Waals surface area (Å²) in [5.74, 6) is 1.57. The zero-order chi connectivity index (χ0) is 15.1. The molecule has 0 aliphatic carbocycles. The molecule has 0 spiro atoms. The van der Waals surface area contributed by atoms with Gasteiger partial charge in [-0.1, -0.05) is 0 Å². The van der Waals surface area contributed by atoms with Gasteiger partial charge in [-0.25, -0.2) is 0 Å². The number of amides is 1. The number of carbonyl (C=O) groups excluding carboxylic acids is 1. The second kappa shape index (κ2) is 15.0. The summed E-state index contributed by atoms with van der Waals surface area (Å²) in [6, 6.07) is 0.0120. The summed E-state index contributed by atoms with van der Waals surface area (Å²) >= 11 is 1.65. The predicted molar refractivity (Wildman–Crippen MR) is 82.7 cm³/mol. The number of nitrogens with two attached hydrogens (primary N) is 3. The van der Waals surface area contributed by atoms with Crippen LogP contribution in [-0.2, 0) is 14.3 Å². The van der Waals surface area contributed by atoms with E-state index in [1.54, 1.807) is 11.8 Å². The summed E-state index contributed by atoms with van der Waals surface area (Å²) in [7, 11) is 0. The average molecular weight is 308 g/mol. The van der Waals surface area contributed by atoms with E-state index >= 15 is 0 Å². The van der Waals surface area contributed by atoms with Gasteiger partial charge in [0.25, 0.3) is 0 Å². The number of thioether (sulfide) groups is 1. The van der Waals surface area contributed by atoms with E-state index in [1.807, 2.05) is 0 Å². The Morgan fingerprint density at radius 2 is 1.85 bits per heavy atom. The number of ether oxygens (including phenoxy) is 2. The standard InChI is InChI=1S/C12H28N4O3S/c13-2-4-18-6-7-19-5-3-16-12(17)1-8-20-10-11(15)9-14/h11H,1-10,13-15H2,(H,16,17). The molecule has 0 bridgehead atoms. The lowest BCUT2D eigenvalue weighted by Crippen LogP contribution is -2.32. The normalized spacial score (nSPS) is 12.3. The molecule has 0 heterocycles. The highest BCUT2D eigenvalue weighted by atomic mass is 32.2. The smallest absolute Gasteiger partial charge is 0.220 e. The minimum absolute atomic E-state index is 0.0120. The van der Waals surface area contributed by atoms with E-state index in [1.165, 1.54) is 0 Å². The van der Waals surface area contributed by atoms with Crippen molar-refractivity contribution in [3.63, 3.8) is 0 Å². The molecular formula is C12H28N4O3S. The van der Waals surface area contributed by atoms with Crippen LogP contribution in [-0.4, -0.2) is 69.5 Å². The molecule has 0 aromatic carbocycles. The Bertz CT molecular complexity index is 235. The average Bonchev–Trinajstić information content (AvgIpc) is 2.46. The van der Waals surface area contributed by atoms with Crippen LogP contribution in [0.2, 0.25) is 0 Å². The van der Waals surface area contributed by atoms with Gasteiger partial charge in [-0.15, -0.1) is 0 Å². The van der Waals surface area contributed by atoms with Crippen molar-refractivity contribution >= 4 is 17.7 Å². The lowest BCUT2D eigenvalue weighted by Gasteiger charge is -2.08. The molecule has 1 atom stereocenters. The Morgan fingerprint density at radius 3 is 2.50 bits per heavy atom. The summed E-state index contributed by atoms with van der Waals surface area (Å²) in [4.78, 5) is 11.5. The Hall–Kier alpha value is -0.380. The molecule has 0 rings (SSSR count). The molecule has 0 aliphatic heterocycles. The summed E-state index contributed by atoms with van der Waals surface area (Å²) in [5.41, 5.74) is 16.3. The van der Waals surface area contributed by atoms with E-state index in [0.717, 1.165) is 11.5 Å². The maximum Gasteiger partial charge on any atom is 0.220 e. The largest absolute Gasteiger partial charge is 0.378 e. The van der Waals surface area contributed by atoms with Crippen LogP contribution in [0.5, 0.6) is 0 Å². The Labute approximate surface area is 125 Å². The fraction of sp³-hybridized carbons (Fsp3) is 0.917. The van der Waals surface area contributed by atoms with Crippen molar-refractivity contribution in [1.29, 1.82) is 0 Å². The van der Waals surface area contributed by atoms with Gasteiger partial charge in [0, 0.05) is 43.6 Å². The van der Waals surface area contributed by atoms with Crippen LogP contribution in [0.3, 0.4) is 0 Å². The minimum Gasteiger partial charge on any atom is -0.378 e. The van der Waals surface area contributed by atoms with E-state index in [2.05, 4.69) is 5.32 Å². The van der Waals surface area contributed by atoms with Crippen molar-refractivity contribution in [3.8, 4) is 0 Å². The fourth-order valence-electron chi connectivity index (χ4n) is 1.22. The first-order valence-corrected chi connectivity index (χ1v) is 8.01. The quantitative estimate of drug-likeness (QED) is 0.288. The molecule has 7 N–H and O–H groups in total. The molecule has 0 fully saturated rings. The highest BCUT2D eigenvalue weighted by Crippen LogP contribution is 2.03. The molecule has 0 aromatic heterocycles. The second-order valence-electron chi connectivity index (χ2n) is 4.18. The van der Waals surface area contributed by atoms with E-state index < -0.39 is 0 Å². The molecule has 0 saturated carbocycles. The second-order valence-corrected chi connectivity index (χ2v) is 5.33. The fourth-order valence-corrected chi connectivity index (χ4v) is 2.16. The minimum atomic E-state index is 0.0120. The Balaban J connectivity index is 3.20. The maximum atomic E-state index is 11.5. The van der Waals surface area contributed by atoms with Crippen molar-refractivity contribution in [2.75, 3.05) is 57.6 Å². The summed E-state index contributed by atoms with van der Waals surface area (Å²) in [5, 5.41) is 2.79. The Morgan fingerprint density at radius 1 is 1.15 bits per heavy atom. The van der Waals surface area contributed by atoms with Gasteiger partial charge in [-0.2, -0.15) is 11.8 Å². The highest BCUT2D eigenvalue weighted by Gasteiger charge is 2.03. The maximum absolute atomic E-state index is 11.5. The third-order valence-corrected chi connectivity index (χ3v) is 3.47. The van der Waals surface area contributed by atoms with Gasteiger partial charge >= 0.3 is 0 Å². The molecule has 120 valence electrons.